The zero-order valence-electron chi connectivity index (χ0n) is 24.2. The minimum Gasteiger partial charge on any atom is -0.497 e. The smallest absolute Gasteiger partial charge is 0.265 e. The highest BCUT2D eigenvalue weighted by Crippen LogP contribution is 2.37. The lowest BCUT2D eigenvalue weighted by atomic mass is 10.1. The third kappa shape index (κ3) is 7.18. The number of nitrogens with one attached hydrogen (secondary N) is 1. The van der Waals surface area contributed by atoms with Gasteiger partial charge < -0.3 is 29.2 Å². The van der Waals surface area contributed by atoms with Crippen molar-refractivity contribution in [2.45, 2.75) is 24.4 Å². The molecule has 0 aliphatic carbocycles. The van der Waals surface area contributed by atoms with Gasteiger partial charge in [0.15, 0.2) is 11.5 Å². The first-order valence-electron chi connectivity index (χ1n) is 12.7. The Hall–Kier alpha value is -4.16. The molecule has 11 nitrogen and oxygen atoms in total. The van der Waals surface area contributed by atoms with E-state index in [0.717, 1.165) is 4.31 Å². The van der Waals surface area contributed by atoms with Crippen LogP contribution in [0.2, 0.25) is 5.02 Å². The van der Waals surface area contributed by atoms with Crippen LogP contribution in [0.25, 0.3) is 0 Å². The molecule has 0 bridgehead atoms. The van der Waals surface area contributed by atoms with Crippen molar-refractivity contribution in [2.24, 2.45) is 0 Å². The second-order valence-corrected chi connectivity index (χ2v) is 11.3. The van der Waals surface area contributed by atoms with E-state index in [1.807, 2.05) is 0 Å². The van der Waals surface area contributed by atoms with Crippen LogP contribution in [-0.4, -0.2) is 73.2 Å². The number of benzene rings is 3. The van der Waals surface area contributed by atoms with Crippen LogP contribution in [0.4, 0.5) is 5.69 Å². The van der Waals surface area contributed by atoms with Crippen molar-refractivity contribution in [3.8, 4) is 23.0 Å². The molecule has 0 aliphatic heterocycles. The molecule has 3 aromatic carbocycles. The number of halogens is 1. The van der Waals surface area contributed by atoms with E-state index in [1.54, 1.807) is 37.3 Å². The molecule has 13 heteroatoms. The van der Waals surface area contributed by atoms with Gasteiger partial charge in [0.05, 0.1) is 39.0 Å². The molecule has 0 saturated heterocycles. The Balaban J connectivity index is 2.18. The van der Waals surface area contributed by atoms with E-state index in [1.165, 1.54) is 70.7 Å². The summed E-state index contributed by atoms with van der Waals surface area (Å²) in [7, 11) is 2.65. The van der Waals surface area contributed by atoms with Gasteiger partial charge in [-0.1, -0.05) is 23.7 Å². The van der Waals surface area contributed by atoms with Crippen molar-refractivity contribution in [1.29, 1.82) is 0 Å². The summed E-state index contributed by atoms with van der Waals surface area (Å²) in [4.78, 5) is 27.8. The molecule has 1 N–H and O–H groups in total. The average Bonchev–Trinajstić information content (AvgIpc) is 3.00. The van der Waals surface area contributed by atoms with E-state index in [2.05, 4.69) is 5.32 Å². The summed E-state index contributed by atoms with van der Waals surface area (Å²) < 4.78 is 50.8. The SMILES string of the molecule is CNC(=O)C(C)N(Cc1cccc(Cl)c1)C(=O)CN(c1cc(OC)ccc1OC)S(=O)(=O)c1ccc(OC)c(OC)c1. The van der Waals surface area contributed by atoms with Crippen molar-refractivity contribution in [3.05, 3.63) is 71.2 Å². The number of hydrogen-bond acceptors (Lipinski definition) is 8. The average molecular weight is 620 g/mol. The maximum Gasteiger partial charge on any atom is 0.265 e. The molecule has 0 radical (unpaired) electrons. The number of nitrogens with zero attached hydrogens (tertiary/aromatic N) is 2. The normalized spacial score (nSPS) is 11.7. The minimum atomic E-state index is -4.44. The maximum atomic E-state index is 14.3. The third-order valence-electron chi connectivity index (χ3n) is 6.53. The molecular weight excluding hydrogens is 586 g/mol. The van der Waals surface area contributed by atoms with E-state index < -0.39 is 34.4 Å². The molecule has 3 aromatic rings. The summed E-state index contributed by atoms with van der Waals surface area (Å²) in [5, 5.41) is 2.99. The fourth-order valence-corrected chi connectivity index (χ4v) is 5.88. The molecule has 0 heterocycles. The topological polar surface area (TPSA) is 124 Å². The number of likely N-dealkylation sites (N-methyl/N-ethyl adjacent to an activating group) is 1. The fraction of sp³-hybridized carbons (Fsp3) is 0.310. The standard InChI is InChI=1S/C29H34ClN3O8S/c1-19(29(35)31-2)32(17-20-8-7-9-21(30)14-20)28(34)18-33(24-15-22(38-3)10-12-25(24)39-4)42(36,37)23-11-13-26(40-5)27(16-23)41-6/h7-16,19H,17-18H2,1-6H3,(H,31,35). The molecule has 226 valence electrons. The summed E-state index contributed by atoms with van der Waals surface area (Å²) >= 11 is 6.16. The van der Waals surface area contributed by atoms with Crippen LogP contribution in [0.5, 0.6) is 23.0 Å². The molecule has 0 fully saturated rings. The van der Waals surface area contributed by atoms with E-state index >= 15 is 0 Å². The highest BCUT2D eigenvalue weighted by molar-refractivity contribution is 7.92. The van der Waals surface area contributed by atoms with Gasteiger partial charge in [0, 0.05) is 30.7 Å². The summed E-state index contributed by atoms with van der Waals surface area (Å²) in [6.07, 6.45) is 0. The molecule has 0 aromatic heterocycles. The zero-order valence-corrected chi connectivity index (χ0v) is 25.8. The van der Waals surface area contributed by atoms with Crippen LogP contribution in [0.3, 0.4) is 0 Å². The molecule has 0 aliphatic rings. The van der Waals surface area contributed by atoms with E-state index in [4.69, 9.17) is 30.5 Å². The fourth-order valence-electron chi connectivity index (χ4n) is 4.23. The summed E-state index contributed by atoms with van der Waals surface area (Å²) in [6.45, 7) is 0.871. The Bertz CT molecular complexity index is 1530. The number of carbonyl (C=O) groups excluding carboxylic acids is 2. The number of anilines is 1. The number of methoxy groups -OCH3 is 4. The van der Waals surface area contributed by atoms with Crippen molar-refractivity contribution in [1.82, 2.24) is 10.2 Å². The molecule has 3 rings (SSSR count). The third-order valence-corrected chi connectivity index (χ3v) is 8.52. The zero-order chi connectivity index (χ0) is 31.0. The number of rotatable bonds is 13. The number of sulfonamides is 1. The highest BCUT2D eigenvalue weighted by Gasteiger charge is 2.34. The van der Waals surface area contributed by atoms with Crippen LogP contribution < -0.4 is 28.6 Å². The van der Waals surface area contributed by atoms with Gasteiger partial charge in [0.25, 0.3) is 10.0 Å². The van der Waals surface area contributed by atoms with Gasteiger partial charge in [-0.3, -0.25) is 13.9 Å². The van der Waals surface area contributed by atoms with Crippen molar-refractivity contribution >= 4 is 39.1 Å². The molecule has 0 saturated carbocycles. The Morgan fingerprint density at radius 1 is 0.881 bits per heavy atom. The first-order chi connectivity index (χ1) is 20.0. The molecule has 42 heavy (non-hydrogen) atoms. The largest absolute Gasteiger partial charge is 0.497 e. The Morgan fingerprint density at radius 2 is 1.55 bits per heavy atom. The van der Waals surface area contributed by atoms with Gasteiger partial charge in [-0.25, -0.2) is 8.42 Å². The quantitative estimate of drug-likeness (QED) is 0.307. The Labute approximate surface area is 250 Å². The second kappa shape index (κ2) is 14.1. The monoisotopic (exact) mass is 619 g/mol. The molecule has 2 amide bonds. The van der Waals surface area contributed by atoms with Gasteiger partial charge in [-0.05, 0) is 48.9 Å². The van der Waals surface area contributed by atoms with Crippen LogP contribution in [0.1, 0.15) is 12.5 Å². The van der Waals surface area contributed by atoms with Gasteiger partial charge in [0.2, 0.25) is 11.8 Å². The van der Waals surface area contributed by atoms with E-state index in [9.17, 15) is 18.0 Å². The first kappa shape index (κ1) is 32.4. The predicted octanol–water partition coefficient (Wildman–Crippen LogP) is 3.73. The van der Waals surface area contributed by atoms with Crippen LogP contribution in [0.15, 0.2) is 65.6 Å². The summed E-state index contributed by atoms with van der Waals surface area (Å²) in [5.41, 5.74) is 0.704. The summed E-state index contributed by atoms with van der Waals surface area (Å²) in [5.74, 6) is -0.0734. The molecular formula is C29H34ClN3O8S. The van der Waals surface area contributed by atoms with Gasteiger partial charge in [-0.2, -0.15) is 0 Å². The number of hydrogen-bond donors (Lipinski definition) is 1. The minimum absolute atomic E-state index is 0.00648. The Kier molecular flexibility index (Phi) is 10.9. The summed E-state index contributed by atoms with van der Waals surface area (Å²) in [6, 6.07) is 14.6. The maximum absolute atomic E-state index is 14.3. The highest BCUT2D eigenvalue weighted by atomic mass is 35.5. The second-order valence-electron chi connectivity index (χ2n) is 9.01. The lowest BCUT2D eigenvalue weighted by Crippen LogP contribution is -2.50. The number of ether oxygens (including phenoxy) is 4. The van der Waals surface area contributed by atoms with Crippen LogP contribution in [-0.2, 0) is 26.2 Å². The molecule has 1 unspecified atom stereocenters. The lowest BCUT2D eigenvalue weighted by molar-refractivity contribution is -0.139. The van der Waals surface area contributed by atoms with Crippen LogP contribution in [0, 0.1) is 0 Å². The van der Waals surface area contributed by atoms with Gasteiger partial charge in [-0.15, -0.1) is 0 Å². The van der Waals surface area contributed by atoms with Crippen molar-refractivity contribution < 1.29 is 37.0 Å². The van der Waals surface area contributed by atoms with Gasteiger partial charge in [0.1, 0.15) is 24.1 Å². The molecule has 0 spiro atoms. The first-order valence-corrected chi connectivity index (χ1v) is 14.5. The van der Waals surface area contributed by atoms with Crippen molar-refractivity contribution in [3.63, 3.8) is 0 Å². The number of amides is 2. The van der Waals surface area contributed by atoms with E-state index in [-0.39, 0.29) is 28.6 Å². The predicted molar refractivity (Wildman–Crippen MR) is 159 cm³/mol. The van der Waals surface area contributed by atoms with Crippen LogP contribution >= 0.6 is 11.6 Å². The lowest BCUT2D eigenvalue weighted by Gasteiger charge is -2.32. The number of carbonyl (C=O) groups is 2. The van der Waals surface area contributed by atoms with Crippen molar-refractivity contribution in [2.75, 3.05) is 46.3 Å². The van der Waals surface area contributed by atoms with E-state index in [0.29, 0.717) is 22.1 Å². The van der Waals surface area contributed by atoms with Gasteiger partial charge >= 0.3 is 0 Å². The molecule has 1 atom stereocenters. The Morgan fingerprint density at radius 3 is 2.14 bits per heavy atom.